The Morgan fingerprint density at radius 3 is 2.14 bits per heavy atom. The second kappa shape index (κ2) is 10.0. The summed E-state index contributed by atoms with van der Waals surface area (Å²) in [7, 11) is 0. The van der Waals surface area contributed by atoms with Gasteiger partial charge < -0.3 is 24.8 Å². The van der Waals surface area contributed by atoms with Gasteiger partial charge in [-0.1, -0.05) is 35.4 Å². The van der Waals surface area contributed by atoms with Gasteiger partial charge in [-0.05, 0) is 6.42 Å². The van der Waals surface area contributed by atoms with Crippen molar-refractivity contribution in [2.45, 2.75) is 6.42 Å². The molecule has 0 bridgehead atoms. The molecule has 0 saturated heterocycles. The minimum Gasteiger partial charge on any atom is -1.00 e. The van der Waals surface area contributed by atoms with Crippen molar-refractivity contribution < 1.29 is 50.7 Å². The minimum absolute atomic E-state index is 0. The molecule has 0 spiro atoms. The fourth-order valence-electron chi connectivity index (χ4n) is 2.32. The van der Waals surface area contributed by atoms with Crippen LogP contribution >= 0.6 is 0 Å². The van der Waals surface area contributed by atoms with Crippen LogP contribution in [0.3, 0.4) is 0 Å². The first-order valence-corrected chi connectivity index (χ1v) is 6.20. The van der Waals surface area contributed by atoms with Crippen LogP contribution in [0.15, 0.2) is 72.8 Å². The molecule has 0 N–H and O–H groups in total. The Morgan fingerprint density at radius 2 is 1.48 bits per heavy atom. The van der Waals surface area contributed by atoms with E-state index in [0.29, 0.717) is 0 Å². The number of halogens is 2. The predicted molar refractivity (Wildman–Crippen MR) is 75.6 cm³/mol. The van der Waals surface area contributed by atoms with Gasteiger partial charge in [0.2, 0.25) is 0 Å². The van der Waals surface area contributed by atoms with E-state index in [9.17, 15) is 0 Å². The van der Waals surface area contributed by atoms with E-state index in [0.717, 1.165) is 6.42 Å². The minimum atomic E-state index is 0. The molecule has 0 saturated carbocycles. The molecule has 3 heteroatoms. The first kappa shape index (κ1) is 20.2. The summed E-state index contributed by atoms with van der Waals surface area (Å²) in [6, 6.07) is 28.1. The normalized spacial score (nSPS) is 9.52. The molecule has 0 radical (unpaired) electrons. The van der Waals surface area contributed by atoms with Gasteiger partial charge in [-0.3, -0.25) is 0 Å². The standard InChI is InChI=1S/C13H9.C5H5.2ClH.Hf/c1-3-7-12-10(5-1)9-11-6-2-4-8-13(11)12;1-2-4-5-3-1;;;/h1-5,7-8H,9H2;1-5H;2*1H;/q2*-1;;;+4/p-2. The fraction of sp³-hybridized carbons (Fsp3) is 0.0556. The molecule has 104 valence electrons. The molecule has 21 heavy (non-hydrogen) atoms. The predicted octanol–water partition coefficient (Wildman–Crippen LogP) is -1.53. The van der Waals surface area contributed by atoms with Crippen molar-refractivity contribution in [1.29, 1.82) is 0 Å². The molecule has 0 aliphatic heterocycles. The summed E-state index contributed by atoms with van der Waals surface area (Å²) in [4.78, 5) is 0. The molecule has 1 aliphatic rings. The zero-order valence-electron chi connectivity index (χ0n) is 11.4. The number of fused-ring (bicyclic) bond motifs is 3. The Morgan fingerprint density at radius 1 is 0.810 bits per heavy atom. The van der Waals surface area contributed by atoms with Crippen LogP contribution in [0.1, 0.15) is 11.1 Å². The summed E-state index contributed by atoms with van der Waals surface area (Å²) < 4.78 is 0. The summed E-state index contributed by atoms with van der Waals surface area (Å²) in [6.45, 7) is 0. The third-order valence-corrected chi connectivity index (χ3v) is 3.17. The molecule has 1 aliphatic carbocycles. The zero-order valence-corrected chi connectivity index (χ0v) is 16.5. The van der Waals surface area contributed by atoms with Gasteiger partial charge in [-0.25, -0.2) is 12.1 Å². The Labute approximate surface area is 157 Å². The van der Waals surface area contributed by atoms with Gasteiger partial charge in [0.1, 0.15) is 0 Å². The van der Waals surface area contributed by atoms with E-state index in [1.54, 1.807) is 0 Å². The van der Waals surface area contributed by atoms with Gasteiger partial charge in [-0.15, -0.1) is 5.56 Å². The fourth-order valence-corrected chi connectivity index (χ4v) is 2.32. The number of hydrogen-bond acceptors (Lipinski definition) is 0. The van der Waals surface area contributed by atoms with Crippen LogP contribution in [-0.4, -0.2) is 0 Å². The van der Waals surface area contributed by atoms with Crippen molar-refractivity contribution in [3.63, 3.8) is 0 Å². The molecule has 4 rings (SSSR count). The van der Waals surface area contributed by atoms with E-state index in [1.165, 1.54) is 22.3 Å². The molecular weight excluding hydrogens is 466 g/mol. The SMILES string of the molecule is [Cl-].[Cl-].[Hf+4].[c-]1cccc2c1Cc1ccccc1-2.c1cc[cH-]c1. The van der Waals surface area contributed by atoms with E-state index < -0.39 is 0 Å². The quantitative estimate of drug-likeness (QED) is 0.212. The number of benzene rings is 2. The van der Waals surface area contributed by atoms with Crippen LogP contribution in [0.2, 0.25) is 0 Å². The Bertz CT molecular complexity index is 573. The molecule has 3 aromatic carbocycles. The van der Waals surface area contributed by atoms with Crippen molar-refractivity contribution in [2.75, 3.05) is 0 Å². The topological polar surface area (TPSA) is 0 Å². The molecule has 0 nitrogen and oxygen atoms in total. The van der Waals surface area contributed by atoms with Crippen LogP contribution < -0.4 is 24.8 Å². The maximum atomic E-state index is 3.30. The average Bonchev–Trinajstić information content (AvgIpc) is 3.10. The second-order valence-corrected chi connectivity index (χ2v) is 4.36. The van der Waals surface area contributed by atoms with E-state index >= 15 is 0 Å². The summed E-state index contributed by atoms with van der Waals surface area (Å²) >= 11 is 0. The molecule has 0 atom stereocenters. The van der Waals surface area contributed by atoms with E-state index in [4.69, 9.17) is 0 Å². The largest absolute Gasteiger partial charge is 4.00 e. The van der Waals surface area contributed by atoms with Crippen molar-refractivity contribution >= 4 is 0 Å². The second-order valence-electron chi connectivity index (χ2n) is 4.36. The molecule has 0 fully saturated rings. The van der Waals surface area contributed by atoms with Gasteiger partial charge in [0.05, 0.1) is 0 Å². The third-order valence-electron chi connectivity index (χ3n) is 3.17. The summed E-state index contributed by atoms with van der Waals surface area (Å²) in [5.41, 5.74) is 5.51. The Kier molecular flexibility index (Phi) is 9.68. The van der Waals surface area contributed by atoms with Crippen molar-refractivity contribution in [3.8, 4) is 11.1 Å². The van der Waals surface area contributed by atoms with Gasteiger partial charge in [0, 0.05) is 0 Å². The van der Waals surface area contributed by atoms with E-state index in [-0.39, 0.29) is 50.7 Å². The molecule has 3 aromatic rings. The molecule has 0 aromatic heterocycles. The summed E-state index contributed by atoms with van der Waals surface area (Å²) in [5, 5.41) is 0. The maximum absolute atomic E-state index is 3.30. The summed E-state index contributed by atoms with van der Waals surface area (Å²) in [5.74, 6) is 0. The van der Waals surface area contributed by atoms with Crippen molar-refractivity contribution in [1.82, 2.24) is 0 Å². The number of hydrogen-bond donors (Lipinski definition) is 0. The third kappa shape index (κ3) is 4.88. The van der Waals surface area contributed by atoms with Crippen molar-refractivity contribution in [3.05, 3.63) is 90.0 Å². The Hall–Kier alpha value is -0.760. The average molecular weight is 480 g/mol. The van der Waals surface area contributed by atoms with Crippen molar-refractivity contribution in [2.24, 2.45) is 0 Å². The van der Waals surface area contributed by atoms with Crippen LogP contribution in [0, 0.1) is 6.07 Å². The van der Waals surface area contributed by atoms with Crippen LogP contribution in [0.5, 0.6) is 0 Å². The smallest absolute Gasteiger partial charge is 1.00 e. The van der Waals surface area contributed by atoms with Crippen LogP contribution in [-0.2, 0) is 32.3 Å². The molecule has 0 heterocycles. The zero-order chi connectivity index (χ0) is 12.2. The first-order valence-electron chi connectivity index (χ1n) is 6.20. The first-order chi connectivity index (χ1) is 8.95. The van der Waals surface area contributed by atoms with Gasteiger partial charge >= 0.3 is 25.8 Å². The van der Waals surface area contributed by atoms with E-state index in [2.05, 4.69) is 42.5 Å². The monoisotopic (exact) mass is 480 g/mol. The van der Waals surface area contributed by atoms with Gasteiger partial charge in [0.25, 0.3) is 0 Å². The molecule has 0 amide bonds. The maximum Gasteiger partial charge on any atom is 4.00 e. The van der Waals surface area contributed by atoms with Crippen LogP contribution in [0.4, 0.5) is 0 Å². The van der Waals surface area contributed by atoms with Gasteiger partial charge in [-0.2, -0.15) is 48.0 Å². The van der Waals surface area contributed by atoms with Crippen LogP contribution in [0.25, 0.3) is 11.1 Å². The summed E-state index contributed by atoms with van der Waals surface area (Å²) in [6.07, 6.45) is 1.05. The molecule has 0 unspecified atom stereocenters. The van der Waals surface area contributed by atoms with Gasteiger partial charge in [0.15, 0.2) is 0 Å². The Balaban J connectivity index is 0.000000437. The number of rotatable bonds is 0. The molecular formula is C18H14Cl2Hf. The van der Waals surface area contributed by atoms with E-state index in [1.807, 2.05) is 36.4 Å².